The number of thioether (sulfide) groups is 1. The van der Waals surface area contributed by atoms with E-state index in [0.717, 1.165) is 17.5 Å². The van der Waals surface area contributed by atoms with Crippen LogP contribution < -0.4 is 10.2 Å². The minimum atomic E-state index is -0.101. The van der Waals surface area contributed by atoms with E-state index >= 15 is 0 Å². The van der Waals surface area contributed by atoms with Crippen LogP contribution in [0.25, 0.3) is 4.85 Å². The number of anilines is 1. The van der Waals surface area contributed by atoms with Gasteiger partial charge in [-0.25, -0.2) is 9.83 Å². The van der Waals surface area contributed by atoms with Crippen molar-refractivity contribution in [3.8, 4) is 6.07 Å². The fraction of sp³-hybridized carbons (Fsp3) is 0.375. The number of pyridine rings is 1. The van der Waals surface area contributed by atoms with Crippen LogP contribution >= 0.6 is 11.8 Å². The van der Waals surface area contributed by atoms with E-state index < -0.39 is 0 Å². The van der Waals surface area contributed by atoms with E-state index in [-0.39, 0.29) is 18.2 Å². The highest BCUT2D eigenvalue weighted by Crippen LogP contribution is 2.39. The Labute approximate surface area is 192 Å². The van der Waals surface area contributed by atoms with E-state index in [1.807, 2.05) is 36.1 Å². The quantitative estimate of drug-likeness (QED) is 0.489. The first-order valence-corrected chi connectivity index (χ1v) is 11.5. The van der Waals surface area contributed by atoms with Crippen LogP contribution in [0, 0.1) is 17.9 Å². The largest absolute Gasteiger partial charge is 0.354 e. The summed E-state index contributed by atoms with van der Waals surface area (Å²) in [4.78, 5) is 33.3. The first-order valence-electron chi connectivity index (χ1n) is 10.5. The Balaban J connectivity index is 1.87. The van der Waals surface area contributed by atoms with Crippen molar-refractivity contribution < 1.29 is 9.59 Å². The van der Waals surface area contributed by atoms with E-state index in [1.165, 1.54) is 11.8 Å². The van der Waals surface area contributed by atoms with Gasteiger partial charge in [0.2, 0.25) is 11.6 Å². The number of hydrogen-bond acceptors (Lipinski definition) is 6. The number of amides is 1. The second-order valence-electron chi connectivity index (χ2n) is 7.60. The van der Waals surface area contributed by atoms with Crippen molar-refractivity contribution >= 4 is 35.0 Å². The molecule has 3 rings (SSSR count). The number of carbonyl (C=O) groups is 2. The SMILES string of the molecule is [C-]#[N+]c1c(N2CCNC(=O)C2)nc(SCc2ccc(CCC(C)=O)cc2)c(C#N)c1CC. The van der Waals surface area contributed by atoms with Gasteiger partial charge in [-0.1, -0.05) is 31.2 Å². The smallest absolute Gasteiger partial charge is 0.239 e. The summed E-state index contributed by atoms with van der Waals surface area (Å²) in [5.74, 6) is 1.18. The molecule has 1 aliphatic rings. The summed E-state index contributed by atoms with van der Waals surface area (Å²) in [6.45, 7) is 12.4. The van der Waals surface area contributed by atoms with Crippen LogP contribution in [0.3, 0.4) is 0 Å². The summed E-state index contributed by atoms with van der Waals surface area (Å²) in [5, 5.41) is 13.2. The van der Waals surface area contributed by atoms with E-state index in [4.69, 9.17) is 11.6 Å². The zero-order chi connectivity index (χ0) is 23.1. The van der Waals surface area contributed by atoms with Crippen molar-refractivity contribution in [3.05, 3.63) is 57.9 Å². The van der Waals surface area contributed by atoms with Gasteiger partial charge in [0.25, 0.3) is 0 Å². The predicted octanol–water partition coefficient (Wildman–Crippen LogP) is 3.82. The molecular weight excluding hydrogens is 422 g/mol. The van der Waals surface area contributed by atoms with Crippen molar-refractivity contribution in [2.45, 2.75) is 43.9 Å². The predicted molar refractivity (Wildman–Crippen MR) is 125 cm³/mol. The molecule has 0 atom stereocenters. The van der Waals surface area contributed by atoms with Gasteiger partial charge in [-0.05, 0) is 36.5 Å². The Kier molecular flexibility index (Phi) is 7.86. The number of ketones is 1. The second-order valence-corrected chi connectivity index (χ2v) is 8.56. The summed E-state index contributed by atoms with van der Waals surface area (Å²) < 4.78 is 0. The lowest BCUT2D eigenvalue weighted by Gasteiger charge is -2.29. The molecule has 1 fully saturated rings. The summed E-state index contributed by atoms with van der Waals surface area (Å²) in [7, 11) is 0. The lowest BCUT2D eigenvalue weighted by atomic mass is 10.1. The normalized spacial score (nSPS) is 13.2. The van der Waals surface area contributed by atoms with Crippen molar-refractivity contribution in [3.63, 3.8) is 0 Å². The monoisotopic (exact) mass is 447 g/mol. The van der Waals surface area contributed by atoms with Crippen molar-refractivity contribution in [1.29, 1.82) is 5.26 Å². The number of nitrogens with zero attached hydrogens (tertiary/aromatic N) is 4. The summed E-state index contributed by atoms with van der Waals surface area (Å²) in [5.41, 5.74) is 3.67. The van der Waals surface area contributed by atoms with Gasteiger partial charge >= 0.3 is 0 Å². The maximum atomic E-state index is 11.9. The zero-order valence-electron chi connectivity index (χ0n) is 18.3. The number of aromatic nitrogens is 1. The van der Waals surface area contributed by atoms with Gasteiger partial charge in [0, 0.05) is 25.3 Å². The van der Waals surface area contributed by atoms with Crippen LogP contribution in [0.1, 0.15) is 42.5 Å². The standard InChI is InChI=1S/C24H25N5O2S/c1-4-19-20(13-25)24(28-23(22(19)26-3)29-12-11-27-21(31)14-29)32-15-18-9-7-17(8-10-18)6-5-16(2)30/h7-10H,4-6,11-12,14-15H2,1-2H3,(H,27,31). The fourth-order valence-electron chi connectivity index (χ4n) is 3.58. The molecule has 1 aromatic heterocycles. The van der Waals surface area contributed by atoms with Gasteiger partial charge in [-0.2, -0.15) is 5.26 Å². The molecule has 1 aliphatic heterocycles. The summed E-state index contributed by atoms with van der Waals surface area (Å²) in [6.07, 6.45) is 1.80. The van der Waals surface area contributed by atoms with Crippen molar-refractivity contribution in [2.75, 3.05) is 24.5 Å². The van der Waals surface area contributed by atoms with Gasteiger partial charge in [-0.3, -0.25) is 4.79 Å². The van der Waals surface area contributed by atoms with Gasteiger partial charge < -0.3 is 15.0 Å². The molecule has 0 radical (unpaired) electrons. The molecule has 7 nitrogen and oxygen atoms in total. The van der Waals surface area contributed by atoms with Crippen LogP contribution in [0.4, 0.5) is 11.5 Å². The highest BCUT2D eigenvalue weighted by atomic mass is 32.2. The fourth-order valence-corrected chi connectivity index (χ4v) is 4.54. The van der Waals surface area contributed by atoms with Crippen LogP contribution in [-0.2, 0) is 28.2 Å². The van der Waals surface area contributed by atoms with E-state index in [0.29, 0.717) is 59.3 Å². The highest BCUT2D eigenvalue weighted by molar-refractivity contribution is 7.98. The molecule has 1 saturated heterocycles. The number of Topliss-reactive ketones (excluding diaryl/α,β-unsaturated/α-hetero) is 1. The number of nitrogens with one attached hydrogen (secondary N) is 1. The molecule has 0 unspecified atom stereocenters. The Morgan fingerprint density at radius 2 is 2.06 bits per heavy atom. The summed E-state index contributed by atoms with van der Waals surface area (Å²) in [6, 6.07) is 10.3. The average molecular weight is 448 g/mol. The van der Waals surface area contributed by atoms with Crippen LogP contribution in [0.2, 0.25) is 0 Å². The summed E-state index contributed by atoms with van der Waals surface area (Å²) >= 11 is 1.46. The van der Waals surface area contributed by atoms with Gasteiger partial charge in [0.15, 0.2) is 0 Å². The molecule has 0 spiro atoms. The molecule has 1 amide bonds. The maximum Gasteiger partial charge on any atom is 0.239 e. The number of benzene rings is 1. The molecule has 0 bridgehead atoms. The number of aryl methyl sites for hydroxylation is 1. The van der Waals surface area contributed by atoms with Gasteiger partial charge in [-0.15, -0.1) is 11.8 Å². The number of piperazine rings is 1. The van der Waals surface area contributed by atoms with Gasteiger partial charge in [0.05, 0.1) is 18.7 Å². The number of rotatable bonds is 8. The van der Waals surface area contributed by atoms with E-state index in [1.54, 1.807) is 6.92 Å². The van der Waals surface area contributed by atoms with Gasteiger partial charge in [0.1, 0.15) is 22.7 Å². The Morgan fingerprint density at radius 3 is 2.66 bits per heavy atom. The Morgan fingerprint density at radius 1 is 1.34 bits per heavy atom. The number of carbonyl (C=O) groups excluding carboxylic acids is 2. The maximum absolute atomic E-state index is 11.9. The molecule has 2 heterocycles. The molecule has 0 saturated carbocycles. The zero-order valence-corrected chi connectivity index (χ0v) is 19.1. The van der Waals surface area contributed by atoms with Crippen LogP contribution in [0.15, 0.2) is 29.3 Å². The minimum absolute atomic E-state index is 0.101. The third-order valence-corrected chi connectivity index (χ3v) is 6.35. The van der Waals surface area contributed by atoms with Crippen molar-refractivity contribution in [2.24, 2.45) is 0 Å². The molecule has 164 valence electrons. The second kappa shape index (κ2) is 10.8. The lowest BCUT2D eigenvalue weighted by Crippen LogP contribution is -2.48. The Bertz CT molecular complexity index is 1100. The third-order valence-electron chi connectivity index (χ3n) is 5.30. The number of hydrogen-bond donors (Lipinski definition) is 1. The van der Waals surface area contributed by atoms with E-state index in [9.17, 15) is 14.9 Å². The molecule has 1 aromatic carbocycles. The lowest BCUT2D eigenvalue weighted by molar-refractivity contribution is -0.120. The molecule has 32 heavy (non-hydrogen) atoms. The van der Waals surface area contributed by atoms with Crippen molar-refractivity contribution in [1.82, 2.24) is 10.3 Å². The minimum Gasteiger partial charge on any atom is -0.354 e. The highest BCUT2D eigenvalue weighted by Gasteiger charge is 2.26. The van der Waals surface area contributed by atoms with Crippen LogP contribution in [-0.4, -0.2) is 36.3 Å². The van der Waals surface area contributed by atoms with E-state index in [2.05, 4.69) is 16.2 Å². The molecule has 8 heteroatoms. The number of nitriles is 1. The first kappa shape index (κ1) is 23.3. The Hall–Kier alpha value is -3.36. The molecule has 2 aromatic rings. The third kappa shape index (κ3) is 5.46. The van der Waals surface area contributed by atoms with Crippen LogP contribution in [0.5, 0.6) is 0 Å². The molecule has 0 aliphatic carbocycles. The first-order chi connectivity index (χ1) is 15.5. The molecule has 1 N–H and O–H groups in total. The topological polar surface area (TPSA) is 90.4 Å². The molecular formula is C24H25N5O2S. The average Bonchev–Trinajstić information content (AvgIpc) is 2.80.